The number of hydrogen-bond donors (Lipinski definition) is 2. The molecule has 1 aliphatic heterocycles. The lowest BCUT2D eigenvalue weighted by molar-refractivity contribution is -0.0328. The minimum Gasteiger partial charge on any atom is -0.394 e. The van der Waals surface area contributed by atoms with Crippen molar-refractivity contribution in [2.75, 3.05) is 32.8 Å². The van der Waals surface area contributed by atoms with Gasteiger partial charge in [-0.25, -0.2) is 0 Å². The number of halogens is 3. The molecular weight excluding hydrogens is 289 g/mol. The zero-order valence-corrected chi connectivity index (χ0v) is 11.7. The highest BCUT2D eigenvalue weighted by molar-refractivity contribution is 8.00. The van der Waals surface area contributed by atoms with Gasteiger partial charge < -0.3 is 10.4 Å². The van der Waals surface area contributed by atoms with Gasteiger partial charge in [0.15, 0.2) is 0 Å². The monoisotopic (exact) mass is 306 g/mol. The normalized spacial score (nSPS) is 19.0. The van der Waals surface area contributed by atoms with Gasteiger partial charge in [-0.15, -0.1) is 0 Å². The third-order valence-electron chi connectivity index (χ3n) is 3.26. The zero-order valence-electron chi connectivity index (χ0n) is 10.9. The van der Waals surface area contributed by atoms with Crippen LogP contribution in [0, 0.1) is 0 Å². The van der Waals surface area contributed by atoms with Gasteiger partial charge in [0, 0.05) is 31.1 Å². The highest BCUT2D eigenvalue weighted by Gasteiger charge is 2.29. The van der Waals surface area contributed by atoms with Gasteiger partial charge in [0.1, 0.15) is 0 Å². The van der Waals surface area contributed by atoms with Crippen molar-refractivity contribution in [2.45, 2.75) is 16.4 Å². The van der Waals surface area contributed by atoms with Gasteiger partial charge in [0.05, 0.1) is 12.6 Å². The van der Waals surface area contributed by atoms with Crippen LogP contribution in [0.15, 0.2) is 29.2 Å². The predicted molar refractivity (Wildman–Crippen MR) is 72.6 cm³/mol. The molecule has 0 aliphatic carbocycles. The number of thioether (sulfide) groups is 1. The van der Waals surface area contributed by atoms with Crippen molar-refractivity contribution in [3.05, 3.63) is 29.8 Å². The second kappa shape index (κ2) is 6.80. The van der Waals surface area contributed by atoms with E-state index in [4.69, 9.17) is 0 Å². The lowest BCUT2D eigenvalue weighted by Gasteiger charge is -2.34. The van der Waals surface area contributed by atoms with Gasteiger partial charge in [0.2, 0.25) is 0 Å². The average Bonchev–Trinajstić information content (AvgIpc) is 2.41. The molecule has 1 heterocycles. The van der Waals surface area contributed by atoms with Crippen LogP contribution in [0.3, 0.4) is 0 Å². The Hall–Kier alpha value is -0.760. The molecule has 0 bridgehead atoms. The first-order valence-electron chi connectivity index (χ1n) is 6.41. The summed E-state index contributed by atoms with van der Waals surface area (Å²) >= 11 is -0.122. The number of aliphatic hydroxyl groups excluding tert-OH is 1. The molecule has 0 amide bonds. The van der Waals surface area contributed by atoms with Crippen LogP contribution < -0.4 is 5.32 Å². The van der Waals surface area contributed by atoms with E-state index >= 15 is 0 Å². The van der Waals surface area contributed by atoms with Crippen LogP contribution in [0.4, 0.5) is 13.2 Å². The van der Waals surface area contributed by atoms with E-state index in [9.17, 15) is 18.3 Å². The number of piperazine rings is 1. The lowest BCUT2D eigenvalue weighted by Crippen LogP contribution is -2.46. The van der Waals surface area contributed by atoms with Crippen molar-refractivity contribution >= 4 is 11.8 Å². The third kappa shape index (κ3) is 4.37. The van der Waals surface area contributed by atoms with Crippen molar-refractivity contribution in [1.82, 2.24) is 10.2 Å². The van der Waals surface area contributed by atoms with Crippen molar-refractivity contribution in [3.8, 4) is 0 Å². The Morgan fingerprint density at radius 1 is 1.20 bits per heavy atom. The molecule has 112 valence electrons. The van der Waals surface area contributed by atoms with Gasteiger partial charge in [0.25, 0.3) is 0 Å². The topological polar surface area (TPSA) is 35.5 Å². The summed E-state index contributed by atoms with van der Waals surface area (Å²) in [5, 5.41) is 12.8. The Bertz CT molecular complexity index is 419. The second-order valence-electron chi connectivity index (χ2n) is 4.60. The number of nitrogens with one attached hydrogen (secondary N) is 1. The minimum absolute atomic E-state index is 0.0360. The second-order valence-corrected chi connectivity index (χ2v) is 5.74. The Morgan fingerprint density at radius 3 is 2.30 bits per heavy atom. The standard InChI is InChI=1S/C13H17F3N2OS/c14-13(15,16)20-11-3-1-10(2-4-11)12(9-19)18-7-5-17-6-8-18/h1-4,12,17,19H,5-9H2. The summed E-state index contributed by atoms with van der Waals surface area (Å²) in [7, 11) is 0. The van der Waals surface area contributed by atoms with Crippen molar-refractivity contribution in [1.29, 1.82) is 0 Å². The van der Waals surface area contributed by atoms with Gasteiger partial charge in [-0.3, -0.25) is 4.90 Å². The molecule has 0 spiro atoms. The molecule has 1 aromatic carbocycles. The van der Waals surface area contributed by atoms with E-state index < -0.39 is 5.51 Å². The summed E-state index contributed by atoms with van der Waals surface area (Å²) in [6.07, 6.45) is 0. The highest BCUT2D eigenvalue weighted by atomic mass is 32.2. The molecule has 7 heteroatoms. The van der Waals surface area contributed by atoms with Crippen molar-refractivity contribution in [3.63, 3.8) is 0 Å². The van der Waals surface area contributed by atoms with Crippen LogP contribution in [-0.2, 0) is 0 Å². The summed E-state index contributed by atoms with van der Waals surface area (Å²) in [6, 6.07) is 6.09. The van der Waals surface area contributed by atoms with E-state index in [0.29, 0.717) is 0 Å². The molecule has 2 rings (SSSR count). The molecule has 20 heavy (non-hydrogen) atoms. The first kappa shape index (κ1) is 15.6. The molecule has 1 saturated heterocycles. The number of benzene rings is 1. The molecule has 0 saturated carbocycles. The van der Waals surface area contributed by atoms with E-state index in [1.165, 1.54) is 12.1 Å². The van der Waals surface area contributed by atoms with Crippen LogP contribution in [0.2, 0.25) is 0 Å². The van der Waals surface area contributed by atoms with Crippen LogP contribution in [0.5, 0.6) is 0 Å². The van der Waals surface area contributed by atoms with E-state index in [1.54, 1.807) is 12.1 Å². The summed E-state index contributed by atoms with van der Waals surface area (Å²) < 4.78 is 36.8. The summed E-state index contributed by atoms with van der Waals surface area (Å²) in [6.45, 7) is 3.33. The van der Waals surface area contributed by atoms with Gasteiger partial charge in [-0.05, 0) is 29.5 Å². The van der Waals surface area contributed by atoms with Crippen LogP contribution in [0.25, 0.3) is 0 Å². The lowest BCUT2D eigenvalue weighted by atomic mass is 10.1. The smallest absolute Gasteiger partial charge is 0.394 e. The van der Waals surface area contributed by atoms with Gasteiger partial charge in [-0.2, -0.15) is 13.2 Å². The molecule has 1 fully saturated rings. The van der Waals surface area contributed by atoms with Crippen molar-refractivity contribution < 1.29 is 18.3 Å². The van der Waals surface area contributed by atoms with Gasteiger partial charge in [-0.1, -0.05) is 12.1 Å². The molecule has 0 radical (unpaired) electrons. The maximum Gasteiger partial charge on any atom is 0.446 e. The Labute approximate surface area is 120 Å². The molecule has 3 nitrogen and oxygen atoms in total. The fraction of sp³-hybridized carbons (Fsp3) is 0.538. The summed E-state index contributed by atoms with van der Waals surface area (Å²) in [5.41, 5.74) is -3.42. The fourth-order valence-electron chi connectivity index (χ4n) is 2.32. The van der Waals surface area contributed by atoms with E-state index in [-0.39, 0.29) is 29.3 Å². The largest absolute Gasteiger partial charge is 0.446 e. The molecule has 2 N–H and O–H groups in total. The predicted octanol–water partition coefficient (Wildman–Crippen LogP) is 2.24. The summed E-state index contributed by atoms with van der Waals surface area (Å²) in [4.78, 5) is 2.31. The number of alkyl halides is 3. The molecule has 1 aromatic rings. The number of nitrogens with zero attached hydrogens (tertiary/aromatic N) is 1. The van der Waals surface area contributed by atoms with E-state index in [1.807, 2.05) is 0 Å². The molecule has 0 aromatic heterocycles. The third-order valence-corrected chi connectivity index (χ3v) is 4.00. The molecular formula is C13H17F3N2OS. The first-order chi connectivity index (χ1) is 9.49. The van der Waals surface area contributed by atoms with Crippen LogP contribution in [-0.4, -0.2) is 48.3 Å². The maximum absolute atomic E-state index is 12.3. The highest BCUT2D eigenvalue weighted by Crippen LogP contribution is 2.37. The SMILES string of the molecule is OCC(c1ccc(SC(F)(F)F)cc1)N1CCNCC1. The van der Waals surface area contributed by atoms with Crippen LogP contribution >= 0.6 is 11.8 Å². The molecule has 1 atom stereocenters. The zero-order chi connectivity index (χ0) is 14.6. The van der Waals surface area contributed by atoms with E-state index in [2.05, 4.69) is 10.2 Å². The number of aliphatic hydroxyl groups is 1. The fourth-order valence-corrected chi connectivity index (χ4v) is 2.86. The number of hydrogen-bond acceptors (Lipinski definition) is 4. The average molecular weight is 306 g/mol. The minimum atomic E-state index is -4.27. The molecule has 1 aliphatic rings. The van der Waals surface area contributed by atoms with Crippen LogP contribution in [0.1, 0.15) is 11.6 Å². The quantitative estimate of drug-likeness (QED) is 0.836. The Kier molecular flexibility index (Phi) is 5.31. The number of rotatable bonds is 4. The maximum atomic E-state index is 12.3. The Morgan fingerprint density at radius 2 is 1.80 bits per heavy atom. The Balaban J connectivity index is 2.06. The van der Waals surface area contributed by atoms with E-state index in [0.717, 1.165) is 31.7 Å². The van der Waals surface area contributed by atoms with Crippen molar-refractivity contribution in [2.24, 2.45) is 0 Å². The molecule has 1 unspecified atom stereocenters. The summed E-state index contributed by atoms with van der Waals surface area (Å²) in [5.74, 6) is 0. The first-order valence-corrected chi connectivity index (χ1v) is 7.22. The van der Waals surface area contributed by atoms with Gasteiger partial charge >= 0.3 is 5.51 Å².